The Kier molecular flexibility index (Phi) is 6.28. The van der Waals surface area contributed by atoms with E-state index in [0.717, 1.165) is 25.9 Å². The van der Waals surface area contributed by atoms with Crippen LogP contribution in [0.1, 0.15) is 18.4 Å². The predicted octanol–water partition coefficient (Wildman–Crippen LogP) is 4.79. The lowest BCUT2D eigenvalue weighted by molar-refractivity contribution is 0.257. The van der Waals surface area contributed by atoms with Gasteiger partial charge in [-0.15, -0.1) is 5.10 Å². The third-order valence-corrected chi connectivity index (χ3v) is 8.06. The minimum absolute atomic E-state index is 0.0793. The van der Waals surface area contributed by atoms with Gasteiger partial charge in [-0.2, -0.15) is 5.26 Å². The number of rotatable bonds is 4. The van der Waals surface area contributed by atoms with Crippen molar-refractivity contribution in [2.75, 3.05) is 32.1 Å². The van der Waals surface area contributed by atoms with Gasteiger partial charge in [0.25, 0.3) is 0 Å². The van der Waals surface area contributed by atoms with Gasteiger partial charge in [-0.1, -0.05) is 11.3 Å². The maximum atomic E-state index is 16.1. The highest BCUT2D eigenvalue weighted by Crippen LogP contribution is 2.40. The fourth-order valence-electron chi connectivity index (χ4n) is 5.29. The van der Waals surface area contributed by atoms with Gasteiger partial charge in [0.1, 0.15) is 28.7 Å². The third-order valence-electron chi connectivity index (χ3n) is 7.34. The first-order valence-electron chi connectivity index (χ1n) is 12.4. The number of halogens is 3. The van der Waals surface area contributed by atoms with Crippen molar-refractivity contribution in [1.82, 2.24) is 34.3 Å². The molecule has 0 bridgehead atoms. The number of benzene rings is 2. The molecule has 0 N–H and O–H groups in total. The van der Waals surface area contributed by atoms with Gasteiger partial charge in [0.05, 0.1) is 21.4 Å². The monoisotopic (exact) mass is 591 g/mol. The molecule has 3 aromatic heterocycles. The summed E-state index contributed by atoms with van der Waals surface area (Å²) in [7, 11) is 5.82. The predicted molar refractivity (Wildman–Crippen MR) is 147 cm³/mol. The van der Waals surface area contributed by atoms with E-state index in [4.69, 9.17) is 4.98 Å². The normalized spacial score (nSPS) is 15.9. The van der Waals surface area contributed by atoms with Gasteiger partial charge >= 0.3 is 0 Å². The Labute approximate surface area is 231 Å². The Bertz CT molecular complexity index is 1790. The van der Waals surface area contributed by atoms with Crippen molar-refractivity contribution >= 4 is 38.4 Å². The Morgan fingerprint density at radius 2 is 2.03 bits per heavy atom. The summed E-state index contributed by atoms with van der Waals surface area (Å²) in [5.74, 6) is -0.521. The lowest BCUT2D eigenvalue weighted by atomic mass is 10.0. The summed E-state index contributed by atoms with van der Waals surface area (Å²) in [5.41, 5.74) is 2.88. The van der Waals surface area contributed by atoms with E-state index in [9.17, 15) is 9.65 Å². The molecule has 6 rings (SSSR count). The molecule has 1 atom stereocenters. The fraction of sp³-hybridized carbons (Fsp3) is 0.296. The first kappa shape index (κ1) is 25.3. The minimum atomic E-state index is -0.674. The van der Waals surface area contributed by atoms with Gasteiger partial charge < -0.3 is 9.80 Å². The molecule has 0 radical (unpaired) electrons. The molecule has 1 aliphatic rings. The number of piperidine rings is 1. The molecule has 1 aliphatic heterocycles. The average molecular weight is 592 g/mol. The number of likely N-dealkylation sites (N-methyl/N-ethyl adjacent to an activating group) is 1. The van der Waals surface area contributed by atoms with Crippen molar-refractivity contribution in [3.63, 3.8) is 0 Å². The van der Waals surface area contributed by atoms with Crippen LogP contribution in [0.2, 0.25) is 0 Å². The summed E-state index contributed by atoms with van der Waals surface area (Å²) in [6.45, 7) is 1.58. The van der Waals surface area contributed by atoms with E-state index in [2.05, 4.69) is 55.1 Å². The number of fused-ring (bicyclic) bond motifs is 2. The van der Waals surface area contributed by atoms with Crippen molar-refractivity contribution in [3.8, 4) is 28.6 Å². The Balaban J connectivity index is 1.63. The quantitative estimate of drug-likeness (QED) is 0.297. The van der Waals surface area contributed by atoms with Crippen molar-refractivity contribution in [2.45, 2.75) is 18.9 Å². The number of hydrogen-bond acceptors (Lipinski definition) is 7. The van der Waals surface area contributed by atoms with Crippen LogP contribution in [-0.2, 0) is 7.05 Å². The van der Waals surface area contributed by atoms with Crippen LogP contribution in [0.5, 0.6) is 0 Å². The van der Waals surface area contributed by atoms with E-state index in [0.29, 0.717) is 45.5 Å². The van der Waals surface area contributed by atoms with Gasteiger partial charge in [0.15, 0.2) is 11.5 Å². The number of anilines is 1. The second-order valence-corrected chi connectivity index (χ2v) is 10.7. The molecule has 0 saturated carbocycles. The SMILES string of the molecule is CN(C)[C@@H]1CCCN(c2nccn3c(-c4cc5nnn(C)c5c(Br)c4F)c(-c4ccc(C#N)c(F)c4)nc23)C1. The third kappa shape index (κ3) is 4.13. The maximum absolute atomic E-state index is 16.1. The van der Waals surface area contributed by atoms with Crippen molar-refractivity contribution in [1.29, 1.82) is 5.26 Å². The molecule has 0 unspecified atom stereocenters. The summed E-state index contributed by atoms with van der Waals surface area (Å²) in [6.07, 6.45) is 5.48. The van der Waals surface area contributed by atoms with Crippen LogP contribution in [0.15, 0.2) is 41.1 Å². The van der Waals surface area contributed by atoms with Crippen molar-refractivity contribution in [3.05, 3.63) is 58.3 Å². The number of nitriles is 1. The zero-order chi connectivity index (χ0) is 27.4. The molecule has 12 heteroatoms. The van der Waals surface area contributed by atoms with Gasteiger partial charge in [-0.25, -0.2) is 23.4 Å². The number of nitrogens with zero attached hydrogens (tertiary/aromatic N) is 9. The average Bonchev–Trinajstić information content (AvgIpc) is 3.51. The number of hydrogen-bond donors (Lipinski definition) is 0. The van der Waals surface area contributed by atoms with E-state index in [1.54, 1.807) is 36.0 Å². The van der Waals surface area contributed by atoms with E-state index in [1.807, 2.05) is 6.07 Å². The van der Waals surface area contributed by atoms with Crippen LogP contribution in [0, 0.1) is 23.0 Å². The van der Waals surface area contributed by atoms with Gasteiger partial charge in [-0.05, 0) is 61.1 Å². The molecule has 1 saturated heterocycles. The molecule has 9 nitrogen and oxygen atoms in total. The van der Waals surface area contributed by atoms with Gasteiger partial charge in [0, 0.05) is 49.7 Å². The van der Waals surface area contributed by atoms with E-state index in [-0.39, 0.29) is 15.6 Å². The summed E-state index contributed by atoms with van der Waals surface area (Å²) < 4.78 is 34.4. The molecule has 39 heavy (non-hydrogen) atoms. The van der Waals surface area contributed by atoms with Crippen LogP contribution >= 0.6 is 15.9 Å². The molecule has 5 aromatic rings. The van der Waals surface area contributed by atoms with Crippen molar-refractivity contribution in [2.24, 2.45) is 7.05 Å². The number of aromatic nitrogens is 6. The van der Waals surface area contributed by atoms with E-state index in [1.165, 1.54) is 16.8 Å². The summed E-state index contributed by atoms with van der Waals surface area (Å²) in [5, 5.41) is 17.5. The lowest BCUT2D eigenvalue weighted by Gasteiger charge is -2.36. The van der Waals surface area contributed by atoms with Gasteiger partial charge in [0.2, 0.25) is 0 Å². The largest absolute Gasteiger partial charge is 0.352 e. The Morgan fingerprint density at radius 3 is 2.77 bits per heavy atom. The maximum Gasteiger partial charge on any atom is 0.181 e. The van der Waals surface area contributed by atoms with Crippen LogP contribution in [0.25, 0.3) is 39.2 Å². The van der Waals surface area contributed by atoms with Gasteiger partial charge in [-0.3, -0.25) is 4.40 Å². The first-order valence-corrected chi connectivity index (χ1v) is 13.2. The smallest absolute Gasteiger partial charge is 0.181 e. The molecule has 2 aromatic carbocycles. The standard InChI is InChI=1S/C27H24BrF2N9/c1-36(2)17-5-4-9-38(14-17)26-27-33-23(15-6-7-16(13-31)19(29)11-15)24(39(27)10-8-32-26)18-12-20-25(21(28)22(18)30)37(3)35-34-20/h6-8,10-12,17H,4-5,9,14H2,1-3H3/t17-/m1/s1. The number of imidazole rings is 1. The summed E-state index contributed by atoms with van der Waals surface area (Å²) in [6, 6.07) is 8.11. The fourth-order valence-corrected chi connectivity index (χ4v) is 5.96. The second kappa shape index (κ2) is 9.66. The van der Waals surface area contributed by atoms with Crippen molar-refractivity contribution < 1.29 is 8.78 Å². The summed E-state index contributed by atoms with van der Waals surface area (Å²) >= 11 is 3.39. The number of aryl methyl sites for hydroxylation is 1. The topological polar surface area (TPSA) is 91.2 Å². The molecule has 1 fully saturated rings. The van der Waals surface area contributed by atoms with E-state index < -0.39 is 11.6 Å². The first-order chi connectivity index (χ1) is 18.8. The molecule has 0 spiro atoms. The highest BCUT2D eigenvalue weighted by Gasteiger charge is 2.28. The molecular formula is C27H24BrF2N9. The minimum Gasteiger partial charge on any atom is -0.352 e. The Hall–Kier alpha value is -3.95. The van der Waals surface area contributed by atoms with Crippen LogP contribution < -0.4 is 4.90 Å². The molecular weight excluding hydrogens is 568 g/mol. The summed E-state index contributed by atoms with van der Waals surface area (Å²) in [4.78, 5) is 14.0. The lowest BCUT2D eigenvalue weighted by Crippen LogP contribution is -2.45. The zero-order valence-electron chi connectivity index (χ0n) is 21.5. The molecule has 0 amide bonds. The molecule has 4 heterocycles. The highest BCUT2D eigenvalue weighted by molar-refractivity contribution is 9.10. The highest BCUT2D eigenvalue weighted by atomic mass is 79.9. The second-order valence-electron chi connectivity index (χ2n) is 9.90. The molecule has 0 aliphatic carbocycles. The van der Waals surface area contributed by atoms with Crippen LogP contribution in [0.4, 0.5) is 14.6 Å². The zero-order valence-corrected chi connectivity index (χ0v) is 23.1. The van der Waals surface area contributed by atoms with E-state index >= 15 is 4.39 Å². The van der Waals surface area contributed by atoms with Crippen LogP contribution in [0.3, 0.4) is 0 Å². The molecule has 198 valence electrons. The van der Waals surface area contributed by atoms with Crippen LogP contribution in [-0.4, -0.2) is 67.5 Å². The Morgan fingerprint density at radius 1 is 1.21 bits per heavy atom.